The number of allylic oxidation sites excluding steroid dienone is 1. The van der Waals surface area contributed by atoms with Crippen molar-refractivity contribution < 1.29 is 44.5 Å². The molecule has 0 aromatic rings. The van der Waals surface area contributed by atoms with Crippen molar-refractivity contribution in [3.8, 4) is 6.07 Å². The largest absolute Gasteiger partial charge is 0.394 e. The number of methoxy groups -OCH3 is 2. The molecule has 1 aliphatic carbocycles. The molecule has 2 fully saturated rings. The first-order chi connectivity index (χ1) is 12.4. The summed E-state index contributed by atoms with van der Waals surface area (Å²) in [4.78, 5) is 0. The summed E-state index contributed by atoms with van der Waals surface area (Å²) in [5.74, 6) is 0. The Kier molecular flexibility index (Phi) is 7.48. The Morgan fingerprint density at radius 3 is 2.38 bits per heavy atom. The van der Waals surface area contributed by atoms with E-state index in [9.17, 15) is 25.5 Å². The second-order valence-electron chi connectivity index (χ2n) is 6.25. The normalized spacial score (nSPS) is 45.5. The van der Waals surface area contributed by atoms with Gasteiger partial charge in [-0.2, -0.15) is 5.26 Å². The smallest absolute Gasteiger partial charge is 0.187 e. The second kappa shape index (κ2) is 9.18. The number of hydrogen-bond donors (Lipinski definition) is 5. The van der Waals surface area contributed by atoms with Gasteiger partial charge in [-0.05, 0) is 0 Å². The molecule has 1 aliphatic heterocycles. The van der Waals surface area contributed by atoms with Gasteiger partial charge in [0.05, 0.1) is 24.9 Å². The van der Waals surface area contributed by atoms with E-state index in [0.29, 0.717) is 0 Å². The van der Waals surface area contributed by atoms with E-state index in [-0.39, 0.29) is 12.0 Å². The van der Waals surface area contributed by atoms with Crippen LogP contribution in [0, 0.1) is 11.3 Å². The maximum atomic E-state index is 10.5. The Hall–Kier alpha value is -1.13. The average molecular weight is 375 g/mol. The summed E-state index contributed by atoms with van der Waals surface area (Å²) in [6.45, 7) is -0.592. The Balaban J connectivity index is 2.22. The Morgan fingerprint density at radius 1 is 1.15 bits per heavy atom. The highest BCUT2D eigenvalue weighted by molar-refractivity contribution is 5.26. The maximum absolute atomic E-state index is 10.5. The molecule has 10 nitrogen and oxygen atoms in total. The molecular formula is C16H25NO9. The summed E-state index contributed by atoms with van der Waals surface area (Å²) in [6, 6.07) is 1.83. The summed E-state index contributed by atoms with van der Waals surface area (Å²) >= 11 is 0. The minimum atomic E-state index is -1.59. The predicted molar refractivity (Wildman–Crippen MR) is 84.6 cm³/mol. The standard InChI is InChI=1S/C16H25NO9/c1-23-9-5-8(7(3-4-17)11(19)15(9)24-2)25-16-14(22)13(21)12(20)10(6-18)26-16/h3,8-16,18-22H,5-6H2,1-2H3/b7-3-/t8-,9-,10+,11+,12-,13-,14-,15-,16+/m1/s1. The van der Waals surface area contributed by atoms with Crippen molar-refractivity contribution in [3.63, 3.8) is 0 Å². The Morgan fingerprint density at radius 2 is 1.85 bits per heavy atom. The monoisotopic (exact) mass is 375 g/mol. The zero-order chi connectivity index (χ0) is 19.4. The third-order valence-corrected chi connectivity index (χ3v) is 4.79. The molecule has 0 aromatic heterocycles. The Bertz CT molecular complexity index is 534. The lowest BCUT2D eigenvalue weighted by molar-refractivity contribution is -0.312. The van der Waals surface area contributed by atoms with Gasteiger partial charge >= 0.3 is 0 Å². The van der Waals surface area contributed by atoms with Gasteiger partial charge in [0.2, 0.25) is 0 Å². The van der Waals surface area contributed by atoms with Gasteiger partial charge in [-0.25, -0.2) is 0 Å². The molecule has 0 bridgehead atoms. The third kappa shape index (κ3) is 4.07. The molecule has 9 atom stereocenters. The second-order valence-corrected chi connectivity index (χ2v) is 6.25. The number of aliphatic hydroxyl groups is 5. The van der Waals surface area contributed by atoms with Crippen LogP contribution >= 0.6 is 0 Å². The molecule has 0 aromatic carbocycles. The van der Waals surface area contributed by atoms with E-state index >= 15 is 0 Å². The van der Waals surface area contributed by atoms with Crippen LogP contribution in [-0.2, 0) is 18.9 Å². The van der Waals surface area contributed by atoms with E-state index in [1.165, 1.54) is 14.2 Å². The van der Waals surface area contributed by atoms with Crippen molar-refractivity contribution in [2.75, 3.05) is 20.8 Å². The molecule has 5 N–H and O–H groups in total. The van der Waals surface area contributed by atoms with Crippen molar-refractivity contribution in [1.29, 1.82) is 5.26 Å². The summed E-state index contributed by atoms with van der Waals surface area (Å²) in [5.41, 5.74) is 0.213. The zero-order valence-electron chi connectivity index (χ0n) is 14.5. The first-order valence-corrected chi connectivity index (χ1v) is 8.18. The van der Waals surface area contributed by atoms with Gasteiger partial charge < -0.3 is 44.5 Å². The quantitative estimate of drug-likeness (QED) is 0.323. The molecule has 0 amide bonds. The molecule has 10 heteroatoms. The van der Waals surface area contributed by atoms with Crippen molar-refractivity contribution in [2.45, 2.75) is 61.5 Å². The van der Waals surface area contributed by atoms with E-state index in [1.807, 2.05) is 6.07 Å². The lowest BCUT2D eigenvalue weighted by atomic mass is 9.84. The number of ether oxygens (including phenoxy) is 4. The molecule has 0 radical (unpaired) electrons. The van der Waals surface area contributed by atoms with Crippen molar-refractivity contribution in [2.24, 2.45) is 0 Å². The number of nitrogens with zero attached hydrogens (tertiary/aromatic N) is 1. The van der Waals surface area contributed by atoms with Crippen LogP contribution in [0.2, 0.25) is 0 Å². The van der Waals surface area contributed by atoms with Crippen LogP contribution in [0.5, 0.6) is 0 Å². The molecule has 148 valence electrons. The van der Waals surface area contributed by atoms with Crippen LogP contribution in [0.15, 0.2) is 11.6 Å². The summed E-state index contributed by atoms with van der Waals surface area (Å²) in [5, 5.41) is 58.5. The van der Waals surface area contributed by atoms with Crippen LogP contribution in [0.1, 0.15) is 6.42 Å². The van der Waals surface area contributed by atoms with E-state index < -0.39 is 61.7 Å². The number of aliphatic hydroxyl groups excluding tert-OH is 5. The molecule has 1 saturated heterocycles. The van der Waals surface area contributed by atoms with E-state index in [1.54, 1.807) is 0 Å². The fourth-order valence-corrected chi connectivity index (χ4v) is 3.30. The minimum absolute atomic E-state index is 0.189. The number of hydrogen-bond acceptors (Lipinski definition) is 10. The fourth-order valence-electron chi connectivity index (χ4n) is 3.30. The van der Waals surface area contributed by atoms with Crippen LogP contribution in [0.3, 0.4) is 0 Å². The van der Waals surface area contributed by atoms with Gasteiger partial charge in [-0.3, -0.25) is 0 Å². The summed E-state index contributed by atoms with van der Waals surface area (Å²) in [7, 11) is 2.84. The first kappa shape index (κ1) is 21.2. The molecule has 1 heterocycles. The molecule has 0 spiro atoms. The lowest BCUT2D eigenvalue weighted by Crippen LogP contribution is -2.60. The van der Waals surface area contributed by atoms with Gasteiger partial charge in [0.1, 0.15) is 36.6 Å². The molecular weight excluding hydrogens is 350 g/mol. The minimum Gasteiger partial charge on any atom is -0.394 e. The third-order valence-electron chi connectivity index (χ3n) is 4.79. The lowest BCUT2D eigenvalue weighted by Gasteiger charge is -2.44. The predicted octanol–water partition coefficient (Wildman–Crippen LogP) is -2.58. The summed E-state index contributed by atoms with van der Waals surface area (Å²) < 4.78 is 21.6. The average Bonchev–Trinajstić information content (AvgIpc) is 2.64. The van der Waals surface area contributed by atoms with Crippen LogP contribution in [-0.4, -0.2) is 101 Å². The molecule has 26 heavy (non-hydrogen) atoms. The number of nitriles is 1. The van der Waals surface area contributed by atoms with Crippen molar-refractivity contribution in [1.82, 2.24) is 0 Å². The van der Waals surface area contributed by atoms with Gasteiger partial charge in [0.25, 0.3) is 0 Å². The molecule has 2 aliphatic rings. The van der Waals surface area contributed by atoms with Gasteiger partial charge in [-0.1, -0.05) is 0 Å². The summed E-state index contributed by atoms with van der Waals surface area (Å²) in [6.07, 6.45) is -9.22. The highest BCUT2D eigenvalue weighted by Crippen LogP contribution is 2.33. The number of rotatable bonds is 5. The fraction of sp³-hybridized carbons (Fsp3) is 0.812. The molecule has 1 saturated carbocycles. The SMILES string of the molecule is CO[C@@H]1[C@H](OC)C[C@@H](O[C@H]2O[C@@H](CO)[C@@H](O)[C@@H](O)[C@H]2O)/C(=C/C#N)[C@@H]1O. The molecule has 0 unspecified atom stereocenters. The van der Waals surface area contributed by atoms with Crippen LogP contribution in [0.4, 0.5) is 0 Å². The highest BCUT2D eigenvalue weighted by Gasteiger charge is 2.48. The Labute approximate surface area is 150 Å². The van der Waals surface area contributed by atoms with Crippen molar-refractivity contribution >= 4 is 0 Å². The van der Waals surface area contributed by atoms with E-state index in [0.717, 1.165) is 6.08 Å². The van der Waals surface area contributed by atoms with E-state index in [4.69, 9.17) is 24.2 Å². The topological polar surface area (TPSA) is 162 Å². The van der Waals surface area contributed by atoms with Crippen molar-refractivity contribution in [3.05, 3.63) is 11.6 Å². The van der Waals surface area contributed by atoms with Crippen LogP contribution in [0.25, 0.3) is 0 Å². The van der Waals surface area contributed by atoms with Crippen LogP contribution < -0.4 is 0 Å². The van der Waals surface area contributed by atoms with Gasteiger partial charge in [-0.15, -0.1) is 0 Å². The van der Waals surface area contributed by atoms with E-state index in [2.05, 4.69) is 0 Å². The maximum Gasteiger partial charge on any atom is 0.187 e. The van der Waals surface area contributed by atoms with Gasteiger partial charge in [0.15, 0.2) is 6.29 Å². The zero-order valence-corrected chi connectivity index (χ0v) is 14.5. The first-order valence-electron chi connectivity index (χ1n) is 8.18. The van der Waals surface area contributed by atoms with Gasteiger partial charge in [0, 0.05) is 32.3 Å². The molecule has 2 rings (SSSR count). The highest BCUT2D eigenvalue weighted by atomic mass is 16.7.